The van der Waals surface area contributed by atoms with Crippen LogP contribution in [-0.2, 0) is 0 Å². The zero-order valence-corrected chi connectivity index (χ0v) is 9.64. The maximum atomic E-state index is 4.30. The van der Waals surface area contributed by atoms with Crippen LogP contribution in [0.1, 0.15) is 13.8 Å². The summed E-state index contributed by atoms with van der Waals surface area (Å²) in [5.74, 6) is 0.856. The molecule has 0 spiro atoms. The normalized spacial score (nSPS) is 30.2. The average molecular weight is 203 g/mol. The number of rotatable bonds is 4. The van der Waals surface area contributed by atoms with Crippen molar-refractivity contribution in [3.05, 3.63) is 0 Å². The Labute approximate surface area is 86.7 Å². The molecule has 1 aliphatic heterocycles. The zero-order valence-electron chi connectivity index (χ0n) is 8.75. The summed E-state index contributed by atoms with van der Waals surface area (Å²) in [7, 11) is 2.03. The Bertz CT molecular complexity index is 152. The predicted octanol–water partition coefficient (Wildman–Crippen LogP) is 0.144. The Hall–Kier alpha value is 0.230. The molecule has 0 aliphatic carbocycles. The molecule has 1 aliphatic rings. The van der Waals surface area contributed by atoms with Crippen molar-refractivity contribution in [3.8, 4) is 0 Å². The minimum absolute atomic E-state index is 0.556. The molecule has 13 heavy (non-hydrogen) atoms. The van der Waals surface area contributed by atoms with Gasteiger partial charge in [-0.2, -0.15) is 12.6 Å². The van der Waals surface area contributed by atoms with Crippen LogP contribution in [0.2, 0.25) is 0 Å². The molecule has 4 heteroatoms. The van der Waals surface area contributed by atoms with E-state index in [1.807, 2.05) is 7.05 Å². The van der Waals surface area contributed by atoms with Crippen LogP contribution in [0.3, 0.4) is 0 Å². The Morgan fingerprint density at radius 3 is 2.46 bits per heavy atom. The first kappa shape index (κ1) is 11.3. The summed E-state index contributed by atoms with van der Waals surface area (Å²) in [4.78, 5) is 2.35. The molecule has 0 radical (unpaired) electrons. The van der Waals surface area contributed by atoms with Gasteiger partial charge in [0.15, 0.2) is 0 Å². The van der Waals surface area contributed by atoms with Gasteiger partial charge in [-0.05, 0) is 7.05 Å². The van der Waals surface area contributed by atoms with Crippen LogP contribution in [0, 0.1) is 0 Å². The van der Waals surface area contributed by atoms with Crippen molar-refractivity contribution in [2.75, 3.05) is 26.0 Å². The minimum Gasteiger partial charge on any atom is -0.314 e. The molecule has 78 valence electrons. The second-order valence-electron chi connectivity index (χ2n) is 4.00. The third-order valence-corrected chi connectivity index (χ3v) is 2.91. The molecule has 0 aromatic carbocycles. The van der Waals surface area contributed by atoms with E-state index in [9.17, 15) is 0 Å². The maximum absolute atomic E-state index is 4.30. The Balaban J connectivity index is 2.43. The van der Waals surface area contributed by atoms with Crippen LogP contribution in [0.5, 0.6) is 0 Å². The first-order chi connectivity index (χ1) is 6.17. The number of thiol groups is 1. The van der Waals surface area contributed by atoms with Gasteiger partial charge in [0.1, 0.15) is 0 Å². The van der Waals surface area contributed by atoms with E-state index < -0.39 is 0 Å². The van der Waals surface area contributed by atoms with Crippen molar-refractivity contribution in [2.45, 2.75) is 32.0 Å². The molecule has 0 amide bonds. The van der Waals surface area contributed by atoms with Gasteiger partial charge in [-0.25, -0.2) is 0 Å². The van der Waals surface area contributed by atoms with Crippen LogP contribution >= 0.6 is 12.6 Å². The fourth-order valence-electron chi connectivity index (χ4n) is 1.89. The van der Waals surface area contributed by atoms with Gasteiger partial charge >= 0.3 is 0 Å². The summed E-state index contributed by atoms with van der Waals surface area (Å²) < 4.78 is 0. The largest absolute Gasteiger partial charge is 0.314 e. The van der Waals surface area contributed by atoms with Gasteiger partial charge in [0.05, 0.1) is 0 Å². The van der Waals surface area contributed by atoms with Crippen molar-refractivity contribution < 1.29 is 0 Å². The molecule has 1 heterocycles. The maximum Gasteiger partial charge on any atom is 0.0415 e. The Kier molecular flexibility index (Phi) is 4.52. The highest BCUT2D eigenvalue weighted by atomic mass is 32.1. The number of likely N-dealkylation sites (N-methyl/N-ethyl adjacent to an activating group) is 1. The van der Waals surface area contributed by atoms with E-state index >= 15 is 0 Å². The van der Waals surface area contributed by atoms with Crippen molar-refractivity contribution >= 4 is 12.6 Å². The number of hydrogen-bond acceptors (Lipinski definition) is 4. The molecular weight excluding hydrogens is 182 g/mol. The molecule has 2 unspecified atom stereocenters. The standard InChI is InChI=1S/C9H21N3S/c1-7(2)11-9-5-12(6-13)4-8(9)10-3/h7-11,13H,4-6H2,1-3H3. The molecule has 0 bridgehead atoms. The van der Waals surface area contributed by atoms with Crippen molar-refractivity contribution in [3.63, 3.8) is 0 Å². The highest BCUT2D eigenvalue weighted by Gasteiger charge is 2.30. The fraction of sp³-hybridized carbons (Fsp3) is 1.00. The monoisotopic (exact) mass is 203 g/mol. The van der Waals surface area contributed by atoms with Gasteiger partial charge in [-0.15, -0.1) is 0 Å². The van der Waals surface area contributed by atoms with Crippen LogP contribution in [0.25, 0.3) is 0 Å². The smallest absolute Gasteiger partial charge is 0.0415 e. The quantitative estimate of drug-likeness (QED) is 0.568. The summed E-state index contributed by atoms with van der Waals surface area (Å²) in [5.41, 5.74) is 0. The average Bonchev–Trinajstić information content (AvgIpc) is 2.46. The van der Waals surface area contributed by atoms with Gasteiger partial charge < -0.3 is 10.6 Å². The number of nitrogens with zero attached hydrogens (tertiary/aromatic N) is 1. The fourth-order valence-corrected chi connectivity index (χ4v) is 2.12. The highest BCUT2D eigenvalue weighted by Crippen LogP contribution is 2.10. The van der Waals surface area contributed by atoms with Crippen molar-refractivity contribution in [2.24, 2.45) is 0 Å². The highest BCUT2D eigenvalue weighted by molar-refractivity contribution is 7.80. The summed E-state index contributed by atoms with van der Waals surface area (Å²) >= 11 is 4.30. The summed E-state index contributed by atoms with van der Waals surface area (Å²) in [6.45, 7) is 6.59. The van der Waals surface area contributed by atoms with Crippen LogP contribution in [-0.4, -0.2) is 49.0 Å². The van der Waals surface area contributed by atoms with E-state index in [1.54, 1.807) is 0 Å². The summed E-state index contributed by atoms with van der Waals surface area (Å²) in [6, 6.07) is 1.69. The molecule has 1 rings (SSSR count). The number of nitrogens with one attached hydrogen (secondary N) is 2. The minimum atomic E-state index is 0.556. The van der Waals surface area contributed by atoms with E-state index in [4.69, 9.17) is 0 Å². The van der Waals surface area contributed by atoms with Crippen LogP contribution < -0.4 is 10.6 Å². The molecule has 1 fully saturated rings. The van der Waals surface area contributed by atoms with E-state index in [-0.39, 0.29) is 0 Å². The molecule has 0 aromatic heterocycles. The zero-order chi connectivity index (χ0) is 9.84. The van der Waals surface area contributed by atoms with Gasteiger partial charge in [0.25, 0.3) is 0 Å². The second kappa shape index (κ2) is 5.20. The SMILES string of the molecule is CNC1CN(CS)CC1NC(C)C. The predicted molar refractivity (Wildman–Crippen MR) is 60.3 cm³/mol. The van der Waals surface area contributed by atoms with Gasteiger partial charge in [-0.3, -0.25) is 4.90 Å². The third-order valence-electron chi connectivity index (χ3n) is 2.51. The lowest BCUT2D eigenvalue weighted by Gasteiger charge is -2.21. The number of likely N-dealkylation sites (tertiary alicyclic amines) is 1. The van der Waals surface area contributed by atoms with E-state index in [1.165, 1.54) is 0 Å². The van der Waals surface area contributed by atoms with Gasteiger partial charge in [0, 0.05) is 37.1 Å². The first-order valence-electron chi connectivity index (χ1n) is 4.94. The lowest BCUT2D eigenvalue weighted by atomic mass is 10.1. The molecule has 2 atom stereocenters. The Morgan fingerprint density at radius 1 is 1.38 bits per heavy atom. The van der Waals surface area contributed by atoms with Gasteiger partial charge in [-0.1, -0.05) is 13.8 Å². The summed E-state index contributed by atoms with van der Waals surface area (Å²) in [6.07, 6.45) is 0. The topological polar surface area (TPSA) is 27.3 Å². The third kappa shape index (κ3) is 3.13. The lowest BCUT2D eigenvalue weighted by molar-refractivity contribution is 0.377. The van der Waals surface area contributed by atoms with E-state index in [0.29, 0.717) is 18.1 Å². The lowest BCUT2D eigenvalue weighted by Crippen LogP contribution is -2.48. The second-order valence-corrected chi connectivity index (χ2v) is 4.28. The number of hydrogen-bond donors (Lipinski definition) is 3. The molecule has 1 saturated heterocycles. The van der Waals surface area contributed by atoms with E-state index in [2.05, 4.69) is 42.0 Å². The summed E-state index contributed by atoms with van der Waals surface area (Å²) in [5, 5.41) is 6.91. The van der Waals surface area contributed by atoms with Crippen LogP contribution in [0.15, 0.2) is 0 Å². The van der Waals surface area contributed by atoms with E-state index in [0.717, 1.165) is 19.0 Å². The molecule has 3 nitrogen and oxygen atoms in total. The molecule has 0 aromatic rings. The molecular formula is C9H21N3S. The van der Waals surface area contributed by atoms with Crippen molar-refractivity contribution in [1.29, 1.82) is 0 Å². The van der Waals surface area contributed by atoms with Crippen LogP contribution in [0.4, 0.5) is 0 Å². The molecule has 2 N–H and O–H groups in total. The molecule has 0 saturated carbocycles. The first-order valence-corrected chi connectivity index (χ1v) is 5.57. The van der Waals surface area contributed by atoms with Crippen molar-refractivity contribution in [1.82, 2.24) is 15.5 Å². The van der Waals surface area contributed by atoms with Gasteiger partial charge in [0.2, 0.25) is 0 Å². The Morgan fingerprint density at radius 2 is 2.00 bits per heavy atom.